The second kappa shape index (κ2) is 5.07. The predicted molar refractivity (Wildman–Crippen MR) is 65.7 cm³/mol. The van der Waals surface area contributed by atoms with Gasteiger partial charge in [-0.25, -0.2) is 8.93 Å². The minimum atomic E-state index is -1.40. The van der Waals surface area contributed by atoms with E-state index in [0.717, 1.165) is 0 Å². The summed E-state index contributed by atoms with van der Waals surface area (Å²) in [7, 11) is -1.40. The molecular formula is C10H15NO3S2. The Hall–Kier alpha value is -0.720. The SMILES string of the molecule is CC(C)(C)S(=O)NC(C(=O)O)c1ccsc1. The molecule has 90 valence electrons. The third-order valence-corrected chi connectivity index (χ3v) is 4.17. The minimum absolute atomic E-state index is 0.482. The maximum Gasteiger partial charge on any atom is 0.326 e. The van der Waals surface area contributed by atoms with Gasteiger partial charge in [0.25, 0.3) is 0 Å². The zero-order valence-electron chi connectivity index (χ0n) is 9.39. The van der Waals surface area contributed by atoms with Crippen LogP contribution in [0.2, 0.25) is 0 Å². The van der Waals surface area contributed by atoms with Crippen molar-refractivity contribution < 1.29 is 14.1 Å². The highest BCUT2D eigenvalue weighted by Crippen LogP contribution is 2.19. The normalized spacial score (nSPS) is 15.7. The van der Waals surface area contributed by atoms with Crippen LogP contribution >= 0.6 is 11.3 Å². The summed E-state index contributed by atoms with van der Waals surface area (Å²) >= 11 is 1.42. The second-order valence-corrected chi connectivity index (χ2v) is 7.10. The van der Waals surface area contributed by atoms with Gasteiger partial charge in [0.1, 0.15) is 6.04 Å². The van der Waals surface area contributed by atoms with Gasteiger partial charge in [0.15, 0.2) is 0 Å². The third kappa shape index (κ3) is 3.40. The molecule has 0 spiro atoms. The van der Waals surface area contributed by atoms with Crippen LogP contribution in [0.15, 0.2) is 16.8 Å². The summed E-state index contributed by atoms with van der Waals surface area (Å²) in [5.41, 5.74) is 0.634. The number of carboxylic acid groups (broad SMARTS) is 1. The van der Waals surface area contributed by atoms with E-state index in [0.29, 0.717) is 5.56 Å². The van der Waals surface area contributed by atoms with Crippen molar-refractivity contribution in [2.45, 2.75) is 31.6 Å². The first-order valence-corrected chi connectivity index (χ1v) is 6.84. The van der Waals surface area contributed by atoms with E-state index in [1.54, 1.807) is 37.6 Å². The largest absolute Gasteiger partial charge is 0.480 e. The molecule has 1 rings (SSSR count). The highest BCUT2D eigenvalue weighted by atomic mass is 32.2. The first-order valence-electron chi connectivity index (χ1n) is 4.75. The van der Waals surface area contributed by atoms with Crippen LogP contribution in [0.1, 0.15) is 32.4 Å². The fourth-order valence-corrected chi connectivity index (χ4v) is 2.47. The first kappa shape index (κ1) is 13.3. The Balaban J connectivity index is 2.83. The highest BCUT2D eigenvalue weighted by Gasteiger charge is 2.27. The molecule has 0 aliphatic heterocycles. The van der Waals surface area contributed by atoms with Crippen LogP contribution in [0.25, 0.3) is 0 Å². The van der Waals surface area contributed by atoms with Crippen molar-refractivity contribution in [1.82, 2.24) is 4.72 Å². The number of rotatable bonds is 4. The molecule has 2 atom stereocenters. The van der Waals surface area contributed by atoms with Crippen LogP contribution < -0.4 is 4.72 Å². The van der Waals surface area contributed by atoms with E-state index in [1.807, 2.05) is 0 Å². The molecule has 0 aromatic carbocycles. The molecule has 0 amide bonds. The van der Waals surface area contributed by atoms with E-state index >= 15 is 0 Å². The summed E-state index contributed by atoms with van der Waals surface area (Å²) in [4.78, 5) is 11.1. The van der Waals surface area contributed by atoms with E-state index in [9.17, 15) is 9.00 Å². The molecule has 0 saturated heterocycles. The summed E-state index contributed by atoms with van der Waals surface area (Å²) in [5, 5.41) is 12.6. The van der Waals surface area contributed by atoms with Crippen LogP contribution in [0.5, 0.6) is 0 Å². The highest BCUT2D eigenvalue weighted by molar-refractivity contribution is 7.84. The Morgan fingerprint density at radius 1 is 1.56 bits per heavy atom. The molecule has 0 radical (unpaired) electrons. The lowest BCUT2D eigenvalue weighted by molar-refractivity contribution is -0.139. The standard InChI is InChI=1S/C10H15NO3S2/c1-10(2,3)16(14)11-8(9(12)13)7-4-5-15-6-7/h4-6,8,11H,1-3H3,(H,12,13). The molecule has 0 bridgehead atoms. The van der Waals surface area contributed by atoms with Gasteiger partial charge in [0.05, 0.1) is 15.7 Å². The van der Waals surface area contributed by atoms with Crippen molar-refractivity contribution in [2.24, 2.45) is 0 Å². The quantitative estimate of drug-likeness (QED) is 0.870. The van der Waals surface area contributed by atoms with E-state index < -0.39 is 27.7 Å². The number of aliphatic carboxylic acids is 1. The van der Waals surface area contributed by atoms with Crippen LogP contribution in [0, 0.1) is 0 Å². The molecule has 2 N–H and O–H groups in total. The van der Waals surface area contributed by atoms with E-state index in [1.165, 1.54) is 11.3 Å². The zero-order chi connectivity index (χ0) is 12.3. The van der Waals surface area contributed by atoms with Crippen molar-refractivity contribution in [3.05, 3.63) is 22.4 Å². The number of carboxylic acids is 1. The summed E-state index contributed by atoms with van der Waals surface area (Å²) in [6, 6.07) is 0.808. The molecule has 0 fully saturated rings. The lowest BCUT2D eigenvalue weighted by Gasteiger charge is -2.21. The average molecular weight is 261 g/mol. The van der Waals surface area contributed by atoms with Gasteiger partial charge in [-0.2, -0.15) is 11.3 Å². The fourth-order valence-electron chi connectivity index (χ4n) is 0.984. The monoisotopic (exact) mass is 261 g/mol. The Labute approximate surface area is 101 Å². The zero-order valence-corrected chi connectivity index (χ0v) is 11.0. The maximum absolute atomic E-state index is 11.8. The number of thiophene rings is 1. The maximum atomic E-state index is 11.8. The van der Waals surface area contributed by atoms with Gasteiger partial charge in [-0.1, -0.05) is 0 Å². The third-order valence-electron chi connectivity index (χ3n) is 1.90. The summed E-state index contributed by atoms with van der Waals surface area (Å²) < 4.78 is 14.0. The summed E-state index contributed by atoms with van der Waals surface area (Å²) in [6.07, 6.45) is 0. The fraction of sp³-hybridized carbons (Fsp3) is 0.500. The topological polar surface area (TPSA) is 66.4 Å². The molecule has 6 heteroatoms. The predicted octanol–water partition coefficient (Wildman–Crippen LogP) is 1.93. The molecule has 0 aliphatic rings. The lowest BCUT2D eigenvalue weighted by Crippen LogP contribution is -2.38. The summed E-state index contributed by atoms with van der Waals surface area (Å²) in [6.45, 7) is 5.38. The number of hydrogen-bond acceptors (Lipinski definition) is 3. The van der Waals surface area contributed by atoms with Crippen LogP contribution in [-0.2, 0) is 15.8 Å². The minimum Gasteiger partial charge on any atom is -0.480 e. The Bertz CT molecular complexity index is 381. The number of nitrogens with one attached hydrogen (secondary N) is 1. The number of carbonyl (C=O) groups is 1. The van der Waals surface area contributed by atoms with Gasteiger partial charge >= 0.3 is 5.97 Å². The molecule has 2 unspecified atom stereocenters. The van der Waals surface area contributed by atoms with Gasteiger partial charge in [-0.3, -0.25) is 4.79 Å². The second-order valence-electron chi connectivity index (χ2n) is 4.33. The van der Waals surface area contributed by atoms with E-state index in [-0.39, 0.29) is 0 Å². The van der Waals surface area contributed by atoms with Crippen LogP contribution in [-0.4, -0.2) is 20.0 Å². The molecule has 1 heterocycles. The van der Waals surface area contributed by atoms with Crippen molar-refractivity contribution >= 4 is 28.3 Å². The van der Waals surface area contributed by atoms with Crippen LogP contribution in [0.3, 0.4) is 0 Å². The Morgan fingerprint density at radius 3 is 2.56 bits per heavy atom. The molecule has 0 aliphatic carbocycles. The smallest absolute Gasteiger partial charge is 0.326 e. The van der Waals surface area contributed by atoms with Gasteiger partial charge in [0.2, 0.25) is 0 Å². The van der Waals surface area contributed by atoms with Crippen LogP contribution in [0.4, 0.5) is 0 Å². The first-order chi connectivity index (χ1) is 7.32. The van der Waals surface area contributed by atoms with Crippen molar-refractivity contribution in [1.29, 1.82) is 0 Å². The molecular weight excluding hydrogens is 246 g/mol. The lowest BCUT2D eigenvalue weighted by atomic mass is 10.2. The Morgan fingerprint density at radius 2 is 2.19 bits per heavy atom. The van der Waals surface area contributed by atoms with Gasteiger partial charge in [-0.15, -0.1) is 0 Å². The molecule has 4 nitrogen and oxygen atoms in total. The van der Waals surface area contributed by atoms with Crippen molar-refractivity contribution in [3.63, 3.8) is 0 Å². The average Bonchev–Trinajstić information content (AvgIpc) is 2.63. The number of hydrogen-bond donors (Lipinski definition) is 2. The summed E-state index contributed by atoms with van der Waals surface area (Å²) in [5.74, 6) is -1.02. The molecule has 16 heavy (non-hydrogen) atoms. The molecule has 1 aromatic rings. The van der Waals surface area contributed by atoms with Gasteiger partial charge in [-0.05, 0) is 43.2 Å². The Kier molecular flexibility index (Phi) is 4.23. The van der Waals surface area contributed by atoms with E-state index in [2.05, 4.69) is 4.72 Å². The molecule has 0 saturated carbocycles. The van der Waals surface area contributed by atoms with Gasteiger partial charge in [0, 0.05) is 0 Å². The van der Waals surface area contributed by atoms with E-state index in [4.69, 9.17) is 5.11 Å². The van der Waals surface area contributed by atoms with Gasteiger partial charge < -0.3 is 5.11 Å². The van der Waals surface area contributed by atoms with Crippen molar-refractivity contribution in [2.75, 3.05) is 0 Å². The molecule has 1 aromatic heterocycles. The van der Waals surface area contributed by atoms with Crippen molar-refractivity contribution in [3.8, 4) is 0 Å².